The molecular formula is C31H34F3N7O3. The molecule has 2 saturated heterocycles. The fraction of sp³-hybridized carbons (Fsp3) is 0.452. The molecule has 3 atom stereocenters. The van der Waals surface area contributed by atoms with E-state index in [0.29, 0.717) is 17.5 Å². The highest BCUT2D eigenvalue weighted by molar-refractivity contribution is 6.10. The molecule has 3 aromatic rings. The quantitative estimate of drug-likeness (QED) is 0.391. The first kappa shape index (κ1) is 29.6. The lowest BCUT2D eigenvalue weighted by atomic mass is 9.95. The van der Waals surface area contributed by atoms with Gasteiger partial charge in [-0.15, -0.1) is 10.2 Å². The Morgan fingerprint density at radius 3 is 2.68 bits per heavy atom. The van der Waals surface area contributed by atoms with Gasteiger partial charge in [0, 0.05) is 38.2 Å². The number of likely N-dealkylation sites (N-methyl/N-ethyl adjacent to an activating group) is 1. The molecule has 0 unspecified atom stereocenters. The van der Waals surface area contributed by atoms with E-state index in [1.54, 1.807) is 7.05 Å². The summed E-state index contributed by atoms with van der Waals surface area (Å²) in [5.74, 6) is -0.646. The van der Waals surface area contributed by atoms with E-state index in [1.165, 1.54) is 11.8 Å². The van der Waals surface area contributed by atoms with Crippen LogP contribution in [0.1, 0.15) is 60.8 Å². The Morgan fingerprint density at radius 1 is 1.14 bits per heavy atom. The zero-order chi connectivity index (χ0) is 31.3. The van der Waals surface area contributed by atoms with Crippen LogP contribution in [0.2, 0.25) is 0 Å². The second-order valence-electron chi connectivity index (χ2n) is 11.7. The van der Waals surface area contributed by atoms with Crippen LogP contribution in [-0.4, -0.2) is 58.1 Å². The third kappa shape index (κ3) is 5.28. The maximum Gasteiger partial charge on any atom is 0.416 e. The smallest absolute Gasteiger partial charge is 0.416 e. The number of hydrogen-bond acceptors (Lipinski definition) is 8. The van der Waals surface area contributed by atoms with Crippen LogP contribution in [0.4, 0.5) is 30.4 Å². The number of aryl methyl sites for hydroxylation is 2. The van der Waals surface area contributed by atoms with Gasteiger partial charge in [0.1, 0.15) is 17.9 Å². The van der Waals surface area contributed by atoms with E-state index in [-0.39, 0.29) is 37.1 Å². The zero-order valence-electron chi connectivity index (χ0n) is 25.0. The van der Waals surface area contributed by atoms with Crippen molar-refractivity contribution in [1.82, 2.24) is 20.1 Å². The number of aromatic nitrogens is 3. The lowest BCUT2D eigenvalue weighted by molar-refractivity contribution is -0.137. The van der Waals surface area contributed by atoms with Crippen LogP contribution in [0.25, 0.3) is 0 Å². The summed E-state index contributed by atoms with van der Waals surface area (Å²) in [6, 6.07) is 6.30. The Kier molecular flexibility index (Phi) is 7.58. The second kappa shape index (κ2) is 11.3. The molecule has 6 rings (SSSR count). The second-order valence-corrected chi connectivity index (χ2v) is 11.7. The minimum atomic E-state index is -4.63. The number of nitrogens with zero attached hydrogens (tertiary/aromatic N) is 7. The summed E-state index contributed by atoms with van der Waals surface area (Å²) < 4.78 is 47.3. The number of benzene rings is 1. The Bertz CT molecular complexity index is 1620. The number of para-hydroxylation sites is 1. The number of halogens is 3. The maximum absolute atomic E-state index is 14.1. The highest BCUT2D eigenvalue weighted by atomic mass is 19.4. The first-order chi connectivity index (χ1) is 21.0. The fourth-order valence-electron chi connectivity index (χ4n) is 6.70. The minimum Gasteiger partial charge on any atom is -0.421 e. The van der Waals surface area contributed by atoms with Crippen molar-refractivity contribution < 1.29 is 27.2 Å². The van der Waals surface area contributed by atoms with Gasteiger partial charge in [0.2, 0.25) is 23.6 Å². The molecule has 3 aliphatic rings. The van der Waals surface area contributed by atoms with E-state index in [1.807, 2.05) is 49.2 Å². The Balaban J connectivity index is 1.38. The van der Waals surface area contributed by atoms with Crippen molar-refractivity contribution in [2.24, 2.45) is 5.92 Å². The summed E-state index contributed by atoms with van der Waals surface area (Å²) in [5.41, 5.74) is 1.48. The van der Waals surface area contributed by atoms with Crippen LogP contribution in [-0.2, 0) is 22.3 Å². The number of carbonyl (C=O) groups excluding carboxylic acids is 2. The number of allylic oxidation sites excluding steroid dienone is 1. The summed E-state index contributed by atoms with van der Waals surface area (Å²) in [7, 11) is 1.62. The highest BCUT2D eigenvalue weighted by Gasteiger charge is 2.49. The van der Waals surface area contributed by atoms with Crippen molar-refractivity contribution in [3.63, 3.8) is 0 Å². The fourth-order valence-corrected chi connectivity index (χ4v) is 6.70. The Morgan fingerprint density at radius 2 is 1.93 bits per heavy atom. The third-order valence-electron chi connectivity index (χ3n) is 8.61. The predicted molar refractivity (Wildman–Crippen MR) is 157 cm³/mol. The number of carbonyl (C=O) groups is 2. The minimum absolute atomic E-state index is 0.00799. The summed E-state index contributed by atoms with van der Waals surface area (Å²) in [4.78, 5) is 38.7. The standard InChI is InChI=1S/C31H34F3N7O3/c1-5-11-39-12-7-10-23(39)29-37-36-25(44-29)17-40-16-20-14-26(42)41(24-15-21(31(32,33)34)13-19(3)35-24)28(20)30(43)38(4)22-9-6-8-18(2)27(22)40/h5-6,8-9,11,13,15,20,23,28H,7,10,12,14,16-17H2,1-4H3/t20-,23+,28+/m1/s1. The lowest BCUT2D eigenvalue weighted by Crippen LogP contribution is -2.52. The molecule has 2 amide bonds. The van der Waals surface area contributed by atoms with Gasteiger partial charge >= 0.3 is 6.18 Å². The van der Waals surface area contributed by atoms with Gasteiger partial charge in [-0.3, -0.25) is 14.5 Å². The zero-order valence-corrected chi connectivity index (χ0v) is 25.0. The molecule has 0 aliphatic carbocycles. The number of pyridine rings is 1. The van der Waals surface area contributed by atoms with Crippen molar-refractivity contribution in [2.75, 3.05) is 34.8 Å². The van der Waals surface area contributed by atoms with Crippen LogP contribution in [0.15, 0.2) is 47.0 Å². The molecule has 0 radical (unpaired) electrons. The average molecular weight is 610 g/mol. The first-order valence-electron chi connectivity index (χ1n) is 14.7. The van der Waals surface area contributed by atoms with E-state index in [4.69, 9.17) is 4.42 Å². The van der Waals surface area contributed by atoms with Crippen molar-refractivity contribution in [1.29, 1.82) is 0 Å². The Labute approximate surface area is 253 Å². The summed E-state index contributed by atoms with van der Waals surface area (Å²) in [5, 5.41) is 8.73. The van der Waals surface area contributed by atoms with E-state index >= 15 is 0 Å². The summed E-state index contributed by atoms with van der Waals surface area (Å²) in [6.07, 6.45) is 1.25. The maximum atomic E-state index is 14.1. The summed E-state index contributed by atoms with van der Waals surface area (Å²) >= 11 is 0. The van der Waals surface area contributed by atoms with Crippen molar-refractivity contribution >= 4 is 29.0 Å². The lowest BCUT2D eigenvalue weighted by Gasteiger charge is -2.39. The molecule has 10 nitrogen and oxygen atoms in total. The number of amides is 2. The van der Waals surface area contributed by atoms with Gasteiger partial charge in [-0.1, -0.05) is 18.2 Å². The molecule has 13 heteroatoms. The van der Waals surface area contributed by atoms with Gasteiger partial charge in [0.15, 0.2) is 0 Å². The molecule has 44 heavy (non-hydrogen) atoms. The van der Waals surface area contributed by atoms with Crippen molar-refractivity contribution in [3.8, 4) is 0 Å². The molecule has 3 aliphatic heterocycles. The van der Waals surface area contributed by atoms with Gasteiger partial charge in [0.05, 0.1) is 23.5 Å². The van der Waals surface area contributed by atoms with Gasteiger partial charge in [0.25, 0.3) is 0 Å². The van der Waals surface area contributed by atoms with Crippen LogP contribution in [0.3, 0.4) is 0 Å². The van der Waals surface area contributed by atoms with E-state index in [0.717, 1.165) is 47.7 Å². The van der Waals surface area contributed by atoms with Gasteiger partial charge in [-0.05, 0) is 63.6 Å². The van der Waals surface area contributed by atoms with Gasteiger partial charge in [-0.2, -0.15) is 13.2 Å². The monoisotopic (exact) mass is 609 g/mol. The van der Waals surface area contributed by atoms with Gasteiger partial charge in [-0.25, -0.2) is 4.98 Å². The molecule has 0 saturated carbocycles. The largest absolute Gasteiger partial charge is 0.421 e. The van der Waals surface area contributed by atoms with Gasteiger partial charge < -0.3 is 19.1 Å². The van der Waals surface area contributed by atoms with E-state index < -0.39 is 35.5 Å². The normalized spacial score (nSPS) is 22.6. The number of rotatable bonds is 5. The molecular weight excluding hydrogens is 575 g/mol. The highest BCUT2D eigenvalue weighted by Crippen LogP contribution is 2.42. The molecule has 0 spiro atoms. The molecule has 0 bridgehead atoms. The molecule has 0 N–H and O–H groups in total. The van der Waals surface area contributed by atoms with E-state index in [2.05, 4.69) is 20.1 Å². The number of fused-ring (bicyclic) bond motifs is 2. The number of anilines is 3. The van der Waals surface area contributed by atoms with Crippen molar-refractivity contribution in [3.05, 3.63) is 71.2 Å². The van der Waals surface area contributed by atoms with Crippen LogP contribution >= 0.6 is 0 Å². The molecule has 2 fully saturated rings. The Hall–Kier alpha value is -4.42. The van der Waals surface area contributed by atoms with Crippen molar-refractivity contribution in [2.45, 2.75) is 64.8 Å². The average Bonchev–Trinajstić information content (AvgIpc) is 3.69. The topological polar surface area (TPSA) is 98.9 Å². The molecule has 5 heterocycles. The number of likely N-dealkylation sites (tertiary alicyclic amines) is 1. The molecule has 1 aromatic carbocycles. The number of hydrogen-bond donors (Lipinski definition) is 0. The predicted octanol–water partition coefficient (Wildman–Crippen LogP) is 5.18. The molecule has 2 aromatic heterocycles. The third-order valence-corrected chi connectivity index (χ3v) is 8.61. The van der Waals surface area contributed by atoms with Crippen LogP contribution < -0.4 is 14.7 Å². The summed E-state index contributed by atoms with van der Waals surface area (Å²) in [6.45, 7) is 6.72. The SMILES string of the molecule is CC=CN1CCC[C@H]1c1nnc(CN2C[C@H]3CC(=O)N(c4cc(C(F)(F)F)cc(C)n4)[C@@H]3C(=O)N(C)c3cccc(C)c32)o1. The van der Waals surface area contributed by atoms with Crippen LogP contribution in [0.5, 0.6) is 0 Å². The first-order valence-corrected chi connectivity index (χ1v) is 14.7. The van der Waals surface area contributed by atoms with E-state index in [9.17, 15) is 22.8 Å². The number of alkyl halides is 3. The molecule has 232 valence electrons. The van der Waals surface area contributed by atoms with Crippen LogP contribution in [0, 0.1) is 19.8 Å².